The van der Waals surface area contributed by atoms with E-state index in [1.54, 1.807) is 0 Å². The third kappa shape index (κ3) is 4.19. The lowest BCUT2D eigenvalue weighted by Gasteiger charge is -2.39. The molecule has 2 saturated carbocycles. The standard InChI is InChI=1S/C17H33NO/c1-4-13-8-7-9-15(12-13)16(18-5-2)17(19-6-3)14-10-11-14/h13-18H,4-12H2,1-3H3. The summed E-state index contributed by atoms with van der Waals surface area (Å²) in [7, 11) is 0. The molecule has 0 aliphatic heterocycles. The maximum absolute atomic E-state index is 6.14. The van der Waals surface area contributed by atoms with Crippen molar-refractivity contribution in [3.8, 4) is 0 Å². The van der Waals surface area contributed by atoms with Gasteiger partial charge in [-0.15, -0.1) is 0 Å². The van der Waals surface area contributed by atoms with Crippen LogP contribution < -0.4 is 5.32 Å². The van der Waals surface area contributed by atoms with Crippen LogP contribution in [0.3, 0.4) is 0 Å². The molecule has 2 aliphatic rings. The molecule has 2 heteroatoms. The summed E-state index contributed by atoms with van der Waals surface area (Å²) in [5, 5.41) is 3.78. The molecule has 0 heterocycles. The number of hydrogen-bond acceptors (Lipinski definition) is 2. The fourth-order valence-electron chi connectivity index (χ4n) is 3.97. The smallest absolute Gasteiger partial charge is 0.0758 e. The molecule has 112 valence electrons. The maximum atomic E-state index is 6.14. The molecule has 0 aromatic rings. The van der Waals surface area contributed by atoms with Gasteiger partial charge in [-0.05, 0) is 56.9 Å². The molecule has 0 spiro atoms. The molecule has 0 saturated heterocycles. The van der Waals surface area contributed by atoms with E-state index in [0.717, 1.165) is 30.9 Å². The first-order valence-corrected chi connectivity index (χ1v) is 8.65. The van der Waals surface area contributed by atoms with Gasteiger partial charge in [0.1, 0.15) is 0 Å². The van der Waals surface area contributed by atoms with Gasteiger partial charge in [-0.3, -0.25) is 0 Å². The normalized spacial score (nSPS) is 31.1. The quantitative estimate of drug-likeness (QED) is 0.718. The predicted octanol–water partition coefficient (Wildman–Crippen LogP) is 4.00. The molecule has 1 N–H and O–H groups in total. The summed E-state index contributed by atoms with van der Waals surface area (Å²) in [5.74, 6) is 2.64. The first-order chi connectivity index (χ1) is 9.30. The van der Waals surface area contributed by atoms with Gasteiger partial charge < -0.3 is 10.1 Å². The molecular formula is C17H33NO. The number of ether oxygens (including phenoxy) is 1. The van der Waals surface area contributed by atoms with E-state index >= 15 is 0 Å². The zero-order chi connectivity index (χ0) is 13.7. The second kappa shape index (κ2) is 7.64. The fourth-order valence-corrected chi connectivity index (χ4v) is 3.97. The Balaban J connectivity index is 1.99. The van der Waals surface area contributed by atoms with Gasteiger partial charge in [0.2, 0.25) is 0 Å². The van der Waals surface area contributed by atoms with Gasteiger partial charge in [-0.1, -0.05) is 33.1 Å². The summed E-state index contributed by atoms with van der Waals surface area (Å²) in [5.41, 5.74) is 0. The van der Waals surface area contributed by atoms with Crippen LogP contribution in [0.4, 0.5) is 0 Å². The van der Waals surface area contributed by atoms with Crippen LogP contribution in [0.15, 0.2) is 0 Å². The fraction of sp³-hybridized carbons (Fsp3) is 1.00. The maximum Gasteiger partial charge on any atom is 0.0758 e. The van der Waals surface area contributed by atoms with Crippen molar-refractivity contribution in [3.05, 3.63) is 0 Å². The van der Waals surface area contributed by atoms with Gasteiger partial charge in [-0.25, -0.2) is 0 Å². The van der Waals surface area contributed by atoms with E-state index in [1.807, 2.05) is 0 Å². The minimum atomic E-state index is 0.477. The third-order valence-electron chi connectivity index (χ3n) is 5.15. The van der Waals surface area contributed by atoms with Crippen molar-refractivity contribution in [3.63, 3.8) is 0 Å². The van der Waals surface area contributed by atoms with Crippen LogP contribution in [0.1, 0.15) is 65.7 Å². The van der Waals surface area contributed by atoms with Crippen molar-refractivity contribution in [1.29, 1.82) is 0 Å². The van der Waals surface area contributed by atoms with Gasteiger partial charge in [0.15, 0.2) is 0 Å². The second-order valence-electron chi connectivity index (χ2n) is 6.54. The lowest BCUT2D eigenvalue weighted by atomic mass is 9.75. The predicted molar refractivity (Wildman–Crippen MR) is 81.3 cm³/mol. The van der Waals surface area contributed by atoms with Gasteiger partial charge in [0.25, 0.3) is 0 Å². The lowest BCUT2D eigenvalue weighted by molar-refractivity contribution is -0.00580. The molecule has 2 rings (SSSR count). The molecule has 2 fully saturated rings. The van der Waals surface area contributed by atoms with E-state index in [9.17, 15) is 0 Å². The first kappa shape index (κ1) is 15.3. The minimum Gasteiger partial charge on any atom is -0.377 e. The van der Waals surface area contributed by atoms with E-state index in [0.29, 0.717) is 12.1 Å². The number of hydrogen-bond donors (Lipinski definition) is 1. The molecule has 19 heavy (non-hydrogen) atoms. The largest absolute Gasteiger partial charge is 0.377 e. The van der Waals surface area contributed by atoms with Crippen LogP contribution in [-0.4, -0.2) is 25.3 Å². The Labute approximate surface area is 119 Å². The van der Waals surface area contributed by atoms with Crippen molar-refractivity contribution in [2.75, 3.05) is 13.2 Å². The number of rotatable bonds is 8. The average Bonchev–Trinajstić information content (AvgIpc) is 3.27. The Kier molecular flexibility index (Phi) is 6.15. The minimum absolute atomic E-state index is 0.477. The Morgan fingerprint density at radius 1 is 1.05 bits per heavy atom. The Morgan fingerprint density at radius 3 is 2.42 bits per heavy atom. The van der Waals surface area contributed by atoms with E-state index in [2.05, 4.69) is 26.1 Å². The van der Waals surface area contributed by atoms with Gasteiger partial charge >= 0.3 is 0 Å². The van der Waals surface area contributed by atoms with Crippen LogP contribution in [0, 0.1) is 17.8 Å². The van der Waals surface area contributed by atoms with Crippen molar-refractivity contribution >= 4 is 0 Å². The number of likely N-dealkylation sites (N-methyl/N-ethyl adjacent to an activating group) is 1. The topological polar surface area (TPSA) is 21.3 Å². The lowest BCUT2D eigenvalue weighted by Crippen LogP contribution is -2.49. The third-order valence-corrected chi connectivity index (χ3v) is 5.15. The Bertz CT molecular complexity index is 252. The highest BCUT2D eigenvalue weighted by molar-refractivity contribution is 4.95. The molecule has 0 aromatic carbocycles. The van der Waals surface area contributed by atoms with Crippen molar-refractivity contribution in [2.24, 2.45) is 17.8 Å². The Hall–Kier alpha value is -0.0800. The second-order valence-corrected chi connectivity index (χ2v) is 6.54. The highest BCUT2D eigenvalue weighted by Crippen LogP contribution is 2.41. The van der Waals surface area contributed by atoms with Gasteiger partial charge in [0, 0.05) is 12.6 Å². The SMILES string of the molecule is CCNC(C1CCCC(CC)C1)C(OCC)C1CC1. The molecule has 0 amide bonds. The zero-order valence-corrected chi connectivity index (χ0v) is 13.2. The van der Waals surface area contributed by atoms with Crippen LogP contribution in [0.2, 0.25) is 0 Å². The van der Waals surface area contributed by atoms with Crippen LogP contribution >= 0.6 is 0 Å². The molecule has 0 bridgehead atoms. The Morgan fingerprint density at radius 2 is 1.84 bits per heavy atom. The average molecular weight is 267 g/mol. The summed E-state index contributed by atoms with van der Waals surface area (Å²) in [6.45, 7) is 8.69. The highest BCUT2D eigenvalue weighted by Gasteiger charge is 2.41. The van der Waals surface area contributed by atoms with Crippen LogP contribution in [0.25, 0.3) is 0 Å². The molecule has 0 radical (unpaired) electrons. The molecule has 4 atom stereocenters. The summed E-state index contributed by atoms with van der Waals surface area (Å²) in [4.78, 5) is 0. The monoisotopic (exact) mass is 267 g/mol. The highest BCUT2D eigenvalue weighted by atomic mass is 16.5. The summed E-state index contributed by atoms with van der Waals surface area (Å²) in [6, 6.07) is 0.604. The van der Waals surface area contributed by atoms with E-state index < -0.39 is 0 Å². The van der Waals surface area contributed by atoms with Crippen molar-refractivity contribution in [2.45, 2.75) is 77.9 Å². The summed E-state index contributed by atoms with van der Waals surface area (Å²) in [6.07, 6.45) is 10.3. The zero-order valence-electron chi connectivity index (χ0n) is 13.2. The van der Waals surface area contributed by atoms with Crippen LogP contribution in [-0.2, 0) is 4.74 Å². The summed E-state index contributed by atoms with van der Waals surface area (Å²) < 4.78 is 6.14. The molecule has 0 aromatic heterocycles. The molecule has 4 unspecified atom stereocenters. The van der Waals surface area contributed by atoms with Crippen molar-refractivity contribution in [1.82, 2.24) is 5.32 Å². The van der Waals surface area contributed by atoms with Gasteiger partial charge in [-0.2, -0.15) is 0 Å². The van der Waals surface area contributed by atoms with Crippen molar-refractivity contribution < 1.29 is 4.74 Å². The number of nitrogens with one attached hydrogen (secondary N) is 1. The molecule has 2 aliphatic carbocycles. The summed E-state index contributed by atoms with van der Waals surface area (Å²) >= 11 is 0. The van der Waals surface area contributed by atoms with E-state index in [1.165, 1.54) is 44.9 Å². The van der Waals surface area contributed by atoms with Crippen LogP contribution in [0.5, 0.6) is 0 Å². The van der Waals surface area contributed by atoms with E-state index in [4.69, 9.17) is 4.74 Å². The van der Waals surface area contributed by atoms with E-state index in [-0.39, 0.29) is 0 Å². The molecule has 2 nitrogen and oxygen atoms in total. The van der Waals surface area contributed by atoms with Gasteiger partial charge in [0.05, 0.1) is 6.10 Å². The molecular weight excluding hydrogens is 234 g/mol. The first-order valence-electron chi connectivity index (χ1n) is 8.65.